The Kier molecular flexibility index (Phi) is 6.72. The first kappa shape index (κ1) is 16.2. The summed E-state index contributed by atoms with van der Waals surface area (Å²) in [5, 5.41) is 0.837. The third-order valence-corrected chi connectivity index (χ3v) is 6.17. The molecule has 1 aromatic carbocycles. The molecule has 0 heterocycles. The van der Waals surface area contributed by atoms with E-state index in [1.54, 1.807) is 7.11 Å². The van der Waals surface area contributed by atoms with Gasteiger partial charge in [-0.2, -0.15) is 11.8 Å². The van der Waals surface area contributed by atoms with Crippen molar-refractivity contribution in [3.8, 4) is 5.75 Å². The first-order chi connectivity index (χ1) is 9.69. The molecule has 1 aromatic rings. The Morgan fingerprint density at radius 2 is 2.10 bits per heavy atom. The van der Waals surface area contributed by atoms with Gasteiger partial charge in [0, 0.05) is 21.5 Å². The Morgan fingerprint density at radius 3 is 2.80 bits per heavy atom. The number of halogens is 1. The Morgan fingerprint density at radius 1 is 1.35 bits per heavy atom. The zero-order valence-corrected chi connectivity index (χ0v) is 14.5. The van der Waals surface area contributed by atoms with E-state index in [1.165, 1.54) is 37.7 Å². The normalized spacial score (nSPS) is 17.9. The van der Waals surface area contributed by atoms with Crippen LogP contribution in [0.4, 0.5) is 0 Å². The van der Waals surface area contributed by atoms with E-state index in [0.29, 0.717) is 0 Å². The predicted molar refractivity (Wildman–Crippen MR) is 91.7 cm³/mol. The van der Waals surface area contributed by atoms with Gasteiger partial charge in [0.05, 0.1) is 7.11 Å². The van der Waals surface area contributed by atoms with E-state index in [0.717, 1.165) is 27.6 Å². The van der Waals surface area contributed by atoms with Gasteiger partial charge in [-0.1, -0.05) is 35.2 Å². The van der Waals surface area contributed by atoms with Crippen LogP contribution in [0.5, 0.6) is 5.75 Å². The Labute approximate surface area is 135 Å². The lowest BCUT2D eigenvalue weighted by Gasteiger charge is -2.22. The molecule has 1 atom stereocenters. The zero-order valence-electron chi connectivity index (χ0n) is 12.1. The maximum atomic E-state index is 6.30. The SMILES string of the molecule is COc1ccc(Br)c(CC(N)CSC2CCCCC2)c1. The van der Waals surface area contributed by atoms with Gasteiger partial charge in [-0.3, -0.25) is 0 Å². The van der Waals surface area contributed by atoms with Crippen molar-refractivity contribution in [2.75, 3.05) is 12.9 Å². The van der Waals surface area contributed by atoms with Crippen molar-refractivity contribution >= 4 is 27.7 Å². The van der Waals surface area contributed by atoms with E-state index in [-0.39, 0.29) is 6.04 Å². The molecule has 1 fully saturated rings. The topological polar surface area (TPSA) is 35.2 Å². The van der Waals surface area contributed by atoms with Crippen LogP contribution in [-0.2, 0) is 6.42 Å². The van der Waals surface area contributed by atoms with Crippen molar-refractivity contribution in [2.45, 2.75) is 49.8 Å². The molecule has 0 amide bonds. The number of rotatable bonds is 6. The minimum atomic E-state index is 0.213. The minimum absolute atomic E-state index is 0.213. The molecule has 0 aliphatic heterocycles. The van der Waals surface area contributed by atoms with Crippen LogP contribution in [0.15, 0.2) is 22.7 Å². The minimum Gasteiger partial charge on any atom is -0.497 e. The van der Waals surface area contributed by atoms with Gasteiger partial charge in [-0.15, -0.1) is 0 Å². The summed E-state index contributed by atoms with van der Waals surface area (Å²) in [5.74, 6) is 1.95. The summed E-state index contributed by atoms with van der Waals surface area (Å²) in [7, 11) is 1.70. The highest BCUT2D eigenvalue weighted by molar-refractivity contribution is 9.10. The summed E-state index contributed by atoms with van der Waals surface area (Å²) in [4.78, 5) is 0. The van der Waals surface area contributed by atoms with Crippen LogP contribution in [-0.4, -0.2) is 24.2 Å². The van der Waals surface area contributed by atoms with Gasteiger partial charge in [0.25, 0.3) is 0 Å². The number of nitrogens with two attached hydrogens (primary N) is 1. The average molecular weight is 358 g/mol. The molecule has 0 aromatic heterocycles. The number of ether oxygens (including phenoxy) is 1. The van der Waals surface area contributed by atoms with Gasteiger partial charge >= 0.3 is 0 Å². The van der Waals surface area contributed by atoms with E-state index < -0.39 is 0 Å². The molecule has 0 spiro atoms. The molecule has 0 radical (unpaired) electrons. The summed E-state index contributed by atoms with van der Waals surface area (Å²) in [6.45, 7) is 0. The zero-order chi connectivity index (χ0) is 14.4. The third kappa shape index (κ3) is 4.97. The third-order valence-electron chi connectivity index (χ3n) is 3.83. The molecule has 4 heteroatoms. The van der Waals surface area contributed by atoms with Crippen molar-refractivity contribution in [1.29, 1.82) is 0 Å². The van der Waals surface area contributed by atoms with Gasteiger partial charge in [-0.25, -0.2) is 0 Å². The maximum absolute atomic E-state index is 6.30. The van der Waals surface area contributed by atoms with Gasteiger partial charge < -0.3 is 10.5 Å². The van der Waals surface area contributed by atoms with Crippen molar-refractivity contribution in [3.63, 3.8) is 0 Å². The van der Waals surface area contributed by atoms with E-state index in [4.69, 9.17) is 10.5 Å². The van der Waals surface area contributed by atoms with Crippen LogP contribution in [0.2, 0.25) is 0 Å². The second kappa shape index (κ2) is 8.30. The average Bonchev–Trinajstić information content (AvgIpc) is 2.48. The molecule has 20 heavy (non-hydrogen) atoms. The van der Waals surface area contributed by atoms with Crippen LogP contribution < -0.4 is 10.5 Å². The van der Waals surface area contributed by atoms with E-state index in [9.17, 15) is 0 Å². The van der Waals surface area contributed by atoms with Gasteiger partial charge in [0.15, 0.2) is 0 Å². The first-order valence-corrected chi connectivity index (χ1v) is 9.23. The second-order valence-electron chi connectivity index (χ2n) is 5.51. The molecule has 2 rings (SSSR count). The van der Waals surface area contributed by atoms with Crippen molar-refractivity contribution in [2.24, 2.45) is 5.73 Å². The van der Waals surface area contributed by atoms with Crippen molar-refractivity contribution in [1.82, 2.24) is 0 Å². The van der Waals surface area contributed by atoms with Crippen LogP contribution >= 0.6 is 27.7 Å². The Hall–Kier alpha value is -0.190. The lowest BCUT2D eigenvalue weighted by molar-refractivity contribution is 0.414. The molecule has 0 bridgehead atoms. The molecular formula is C16H24BrNOS. The molecule has 1 aliphatic carbocycles. The van der Waals surface area contributed by atoms with Crippen molar-refractivity contribution < 1.29 is 4.74 Å². The predicted octanol–water partition coefficient (Wildman–Crippen LogP) is 4.39. The second-order valence-corrected chi connectivity index (χ2v) is 7.70. The van der Waals surface area contributed by atoms with Crippen LogP contribution in [0, 0.1) is 0 Å². The molecule has 2 N–H and O–H groups in total. The van der Waals surface area contributed by atoms with Gasteiger partial charge in [0.1, 0.15) is 5.75 Å². The monoisotopic (exact) mass is 357 g/mol. The fourth-order valence-electron chi connectivity index (χ4n) is 2.67. The lowest BCUT2D eigenvalue weighted by Crippen LogP contribution is -2.27. The number of benzene rings is 1. The molecule has 1 saturated carbocycles. The highest BCUT2D eigenvalue weighted by Gasteiger charge is 2.16. The summed E-state index contributed by atoms with van der Waals surface area (Å²) in [5.41, 5.74) is 7.54. The maximum Gasteiger partial charge on any atom is 0.119 e. The number of thioether (sulfide) groups is 1. The number of hydrogen-bond acceptors (Lipinski definition) is 3. The fraction of sp³-hybridized carbons (Fsp3) is 0.625. The summed E-state index contributed by atoms with van der Waals surface area (Å²) < 4.78 is 6.40. The van der Waals surface area contributed by atoms with Crippen molar-refractivity contribution in [3.05, 3.63) is 28.2 Å². The molecular weight excluding hydrogens is 334 g/mol. The van der Waals surface area contributed by atoms with Gasteiger partial charge in [-0.05, 0) is 43.0 Å². The van der Waals surface area contributed by atoms with E-state index in [1.807, 2.05) is 12.1 Å². The highest BCUT2D eigenvalue weighted by atomic mass is 79.9. The fourth-order valence-corrected chi connectivity index (χ4v) is 4.38. The first-order valence-electron chi connectivity index (χ1n) is 7.38. The summed E-state index contributed by atoms with van der Waals surface area (Å²) in [6.07, 6.45) is 7.86. The van der Waals surface area contributed by atoms with Crippen LogP contribution in [0.25, 0.3) is 0 Å². The quantitative estimate of drug-likeness (QED) is 0.819. The number of methoxy groups -OCH3 is 1. The number of hydrogen-bond donors (Lipinski definition) is 1. The van der Waals surface area contributed by atoms with E-state index >= 15 is 0 Å². The van der Waals surface area contributed by atoms with E-state index in [2.05, 4.69) is 33.8 Å². The smallest absolute Gasteiger partial charge is 0.119 e. The molecule has 2 nitrogen and oxygen atoms in total. The van der Waals surface area contributed by atoms with Gasteiger partial charge in [0.2, 0.25) is 0 Å². The van der Waals surface area contributed by atoms with Crippen LogP contribution in [0.3, 0.4) is 0 Å². The summed E-state index contributed by atoms with van der Waals surface area (Å²) >= 11 is 5.67. The molecule has 0 saturated heterocycles. The molecule has 1 unspecified atom stereocenters. The molecule has 112 valence electrons. The Bertz CT molecular complexity index is 421. The lowest BCUT2D eigenvalue weighted by atomic mass is 10.0. The standard InChI is InChI=1S/C16H24BrNOS/c1-19-14-7-8-16(17)12(10-14)9-13(18)11-20-15-5-3-2-4-6-15/h7-8,10,13,15H,2-6,9,11,18H2,1H3. The largest absolute Gasteiger partial charge is 0.497 e. The highest BCUT2D eigenvalue weighted by Crippen LogP contribution is 2.29. The molecule has 1 aliphatic rings. The van der Waals surface area contributed by atoms with Crippen LogP contribution in [0.1, 0.15) is 37.7 Å². The Balaban J connectivity index is 1.82. The summed E-state index contributed by atoms with van der Waals surface area (Å²) in [6, 6.07) is 6.30.